The molecule has 2 heterocycles. The molecule has 0 radical (unpaired) electrons. The molecule has 0 aliphatic heterocycles. The largest absolute Gasteiger partial charge is 0.504 e. The van der Waals surface area contributed by atoms with Crippen LogP contribution in [0.4, 0.5) is 0 Å². The Morgan fingerprint density at radius 3 is 1.52 bits per heavy atom. The van der Waals surface area contributed by atoms with Gasteiger partial charge in [0.25, 0.3) is 0 Å². The van der Waals surface area contributed by atoms with E-state index >= 15 is 0 Å². The van der Waals surface area contributed by atoms with Crippen molar-refractivity contribution in [2.45, 2.75) is 73.4 Å². The number of aryl methyl sites for hydroxylation is 4. The molecule has 4 rings (SSSR count). The maximum atomic E-state index is 12.8. The van der Waals surface area contributed by atoms with E-state index in [1.165, 1.54) is 38.2 Å². The second-order valence-electron chi connectivity index (χ2n) is 11.6. The molecule has 0 atom stereocenters. The number of ether oxygens (including phenoxy) is 3. The highest BCUT2D eigenvalue weighted by molar-refractivity contribution is 5.97. The number of hydrogen-bond acceptors (Lipinski definition) is 8. The van der Waals surface area contributed by atoms with Gasteiger partial charge in [0.2, 0.25) is 0 Å². The smallest absolute Gasteiger partial charge is 0.182 e. The van der Waals surface area contributed by atoms with E-state index in [1.807, 2.05) is 18.4 Å². The molecule has 10 heteroatoms. The maximum absolute atomic E-state index is 12.8. The number of hydrogen-bond donors (Lipinski definition) is 1. The molecule has 256 valence electrons. The van der Waals surface area contributed by atoms with Crippen molar-refractivity contribution in [1.29, 1.82) is 0 Å². The van der Waals surface area contributed by atoms with E-state index in [0.29, 0.717) is 35.0 Å². The Kier molecular flexibility index (Phi) is 13.8. The zero-order valence-electron chi connectivity index (χ0n) is 28.9. The molecule has 0 amide bonds. The minimum atomic E-state index is -0.150. The third-order valence-electron chi connectivity index (χ3n) is 7.95. The summed E-state index contributed by atoms with van der Waals surface area (Å²) in [6.45, 7) is 10.3. The summed E-state index contributed by atoms with van der Waals surface area (Å²) in [6, 6.07) is 15.9. The Hall–Kier alpha value is -5.12. The first kappa shape index (κ1) is 37.3. The summed E-state index contributed by atoms with van der Waals surface area (Å²) < 4.78 is 19.8. The topological polar surface area (TPSA) is 126 Å². The molecule has 0 aliphatic carbocycles. The highest BCUT2D eigenvalue weighted by Crippen LogP contribution is 2.29. The van der Waals surface area contributed by atoms with E-state index in [1.54, 1.807) is 68.0 Å². The summed E-state index contributed by atoms with van der Waals surface area (Å²) in [5.41, 5.74) is 3.84. The Balaban J connectivity index is 0.000000269. The minimum Gasteiger partial charge on any atom is -0.504 e. The molecule has 1 N–H and O–H groups in total. The zero-order chi connectivity index (χ0) is 35.4. The number of pyridine rings is 2. The summed E-state index contributed by atoms with van der Waals surface area (Å²) in [6.07, 6.45) is 4.47. The number of phenolic OH excluding ortho intramolecular Hbond substituents is 1. The van der Waals surface area contributed by atoms with E-state index in [2.05, 4.69) is 6.92 Å². The van der Waals surface area contributed by atoms with Crippen LogP contribution in [0.2, 0.25) is 0 Å². The molecule has 0 unspecified atom stereocenters. The standard InChI is InChI=1S/C22H29NO4.C16H17NO4/c1-5-6-7-8-11-27-22-14-18(9-10-21(22)26-4)20(25)15-23-16(2)12-19(24)13-17(23)3;1-10-6-13(18)7-11(2)17(10)9-15(20)12-4-5-16(21-3)14(19)8-12/h9-10,12-14H,5-8,11,15H2,1-4H3;4-8,19H,9H2,1-3H3. The van der Waals surface area contributed by atoms with Crippen molar-refractivity contribution >= 4 is 11.6 Å². The van der Waals surface area contributed by atoms with Crippen LogP contribution in [0.15, 0.2) is 70.3 Å². The first-order chi connectivity index (χ1) is 22.9. The molecule has 0 fully saturated rings. The van der Waals surface area contributed by atoms with Gasteiger partial charge in [-0.15, -0.1) is 0 Å². The van der Waals surface area contributed by atoms with Gasteiger partial charge in [-0.2, -0.15) is 0 Å². The summed E-state index contributed by atoms with van der Waals surface area (Å²) in [4.78, 5) is 48.0. The number of methoxy groups -OCH3 is 2. The number of benzene rings is 2. The molecular formula is C38H46N2O8. The van der Waals surface area contributed by atoms with Crippen LogP contribution in [-0.4, -0.2) is 46.6 Å². The minimum absolute atomic E-state index is 0.0386. The highest BCUT2D eigenvalue weighted by Gasteiger charge is 2.15. The van der Waals surface area contributed by atoms with E-state index in [9.17, 15) is 24.3 Å². The van der Waals surface area contributed by atoms with E-state index in [-0.39, 0.29) is 41.3 Å². The van der Waals surface area contributed by atoms with Gasteiger partial charge in [0.15, 0.2) is 45.4 Å². The predicted octanol–water partition coefficient (Wildman–Crippen LogP) is 6.38. The normalized spacial score (nSPS) is 10.6. The molecular weight excluding hydrogens is 612 g/mol. The van der Waals surface area contributed by atoms with Crippen molar-refractivity contribution in [3.63, 3.8) is 0 Å². The van der Waals surface area contributed by atoms with Crippen molar-refractivity contribution in [1.82, 2.24) is 9.13 Å². The van der Waals surface area contributed by atoms with Gasteiger partial charge >= 0.3 is 0 Å². The molecule has 2 aromatic carbocycles. The zero-order valence-corrected chi connectivity index (χ0v) is 28.9. The van der Waals surface area contributed by atoms with Crippen molar-refractivity contribution < 1.29 is 28.9 Å². The number of Topliss-reactive ketones (excluding diaryl/α,β-unsaturated/α-hetero) is 2. The molecule has 2 aromatic heterocycles. The molecule has 0 aliphatic rings. The lowest BCUT2D eigenvalue weighted by molar-refractivity contribution is 0.0962. The molecule has 4 aromatic rings. The lowest BCUT2D eigenvalue weighted by Gasteiger charge is -2.15. The lowest BCUT2D eigenvalue weighted by atomic mass is 10.1. The fourth-order valence-electron chi connectivity index (χ4n) is 5.28. The van der Waals surface area contributed by atoms with Gasteiger partial charge in [-0.05, 0) is 70.5 Å². The van der Waals surface area contributed by atoms with Crippen LogP contribution in [0.25, 0.3) is 0 Å². The fraction of sp³-hybridized carbons (Fsp3) is 0.368. The number of aromatic hydroxyl groups is 1. The number of rotatable bonds is 14. The van der Waals surface area contributed by atoms with Crippen LogP contribution in [0.1, 0.15) is 76.1 Å². The van der Waals surface area contributed by atoms with Gasteiger partial charge in [0.05, 0.1) is 33.9 Å². The quantitative estimate of drug-likeness (QED) is 0.122. The summed E-state index contributed by atoms with van der Waals surface area (Å²) in [5, 5.41) is 9.73. The van der Waals surface area contributed by atoms with E-state index in [4.69, 9.17) is 14.2 Å². The molecule has 0 bridgehead atoms. The fourth-order valence-corrected chi connectivity index (χ4v) is 5.28. The Bertz CT molecular complexity index is 1800. The van der Waals surface area contributed by atoms with Crippen LogP contribution >= 0.6 is 0 Å². The predicted molar refractivity (Wildman–Crippen MR) is 186 cm³/mol. The number of carbonyl (C=O) groups is 2. The molecule has 10 nitrogen and oxygen atoms in total. The van der Waals surface area contributed by atoms with E-state index < -0.39 is 0 Å². The summed E-state index contributed by atoms with van der Waals surface area (Å²) in [7, 11) is 3.04. The second kappa shape index (κ2) is 17.7. The van der Waals surface area contributed by atoms with Crippen molar-refractivity contribution in [3.05, 3.63) is 115 Å². The summed E-state index contributed by atoms with van der Waals surface area (Å²) >= 11 is 0. The first-order valence-electron chi connectivity index (χ1n) is 16.0. The van der Waals surface area contributed by atoms with Crippen molar-refractivity contribution in [2.75, 3.05) is 20.8 Å². The maximum Gasteiger partial charge on any atom is 0.182 e. The molecule has 0 spiro atoms. The van der Waals surface area contributed by atoms with Crippen molar-refractivity contribution in [3.8, 4) is 23.0 Å². The number of aromatic nitrogens is 2. The Morgan fingerprint density at radius 1 is 0.625 bits per heavy atom. The second-order valence-corrected chi connectivity index (χ2v) is 11.6. The number of nitrogens with zero attached hydrogens (tertiary/aromatic N) is 2. The Morgan fingerprint density at radius 2 is 1.08 bits per heavy atom. The lowest BCUT2D eigenvalue weighted by Crippen LogP contribution is -2.18. The number of unbranched alkanes of at least 4 members (excludes halogenated alkanes) is 3. The third kappa shape index (κ3) is 10.2. The average molecular weight is 659 g/mol. The molecule has 0 saturated carbocycles. The van der Waals surface area contributed by atoms with E-state index in [0.717, 1.165) is 35.6 Å². The van der Waals surface area contributed by atoms with Crippen LogP contribution in [-0.2, 0) is 13.1 Å². The monoisotopic (exact) mass is 658 g/mol. The van der Waals surface area contributed by atoms with Crippen LogP contribution < -0.4 is 25.1 Å². The molecule has 48 heavy (non-hydrogen) atoms. The van der Waals surface area contributed by atoms with Crippen molar-refractivity contribution in [2.24, 2.45) is 0 Å². The number of carbonyl (C=O) groups excluding carboxylic acids is 2. The van der Waals surface area contributed by atoms with Crippen LogP contribution in [0.5, 0.6) is 23.0 Å². The number of phenols is 1. The van der Waals surface area contributed by atoms with Gasteiger partial charge in [-0.25, -0.2) is 0 Å². The van der Waals surface area contributed by atoms with Gasteiger partial charge in [0, 0.05) is 58.2 Å². The van der Waals surface area contributed by atoms with Crippen LogP contribution in [0.3, 0.4) is 0 Å². The van der Waals surface area contributed by atoms with Gasteiger partial charge in [0.1, 0.15) is 0 Å². The van der Waals surface area contributed by atoms with Gasteiger partial charge in [-0.3, -0.25) is 19.2 Å². The SMILES string of the molecule is CCCCCCOc1cc(C(=O)Cn2c(C)cc(=O)cc2C)ccc1OC.COc1ccc(C(=O)Cn2c(C)cc(=O)cc2C)cc1O. The first-order valence-corrected chi connectivity index (χ1v) is 16.0. The molecule has 0 saturated heterocycles. The average Bonchev–Trinajstić information content (AvgIpc) is 3.04. The number of ketones is 2. The van der Waals surface area contributed by atoms with Gasteiger partial charge < -0.3 is 28.5 Å². The van der Waals surface area contributed by atoms with Gasteiger partial charge in [-0.1, -0.05) is 26.2 Å². The van der Waals surface area contributed by atoms with Crippen LogP contribution in [0, 0.1) is 27.7 Å². The highest BCUT2D eigenvalue weighted by atomic mass is 16.5. The third-order valence-corrected chi connectivity index (χ3v) is 7.95. The Labute approximate surface area is 281 Å². The summed E-state index contributed by atoms with van der Waals surface area (Å²) in [5.74, 6) is 1.27.